The van der Waals surface area contributed by atoms with Gasteiger partial charge in [-0.25, -0.2) is 0 Å². The minimum absolute atomic E-state index is 0.480. The number of hydrogen-bond donors (Lipinski definition) is 1. The first-order valence-electron chi connectivity index (χ1n) is 6.07. The SMILES string of the molecule is CCCN1CCC(Nc2nc(C)no2)CC1. The number of nitrogens with one attached hydrogen (secondary N) is 1. The van der Waals surface area contributed by atoms with E-state index >= 15 is 0 Å². The van der Waals surface area contributed by atoms with Crippen LogP contribution in [0.3, 0.4) is 0 Å². The zero-order valence-electron chi connectivity index (χ0n) is 10.1. The zero-order valence-corrected chi connectivity index (χ0v) is 10.1. The molecule has 2 heterocycles. The van der Waals surface area contributed by atoms with Gasteiger partial charge in [-0.1, -0.05) is 12.1 Å². The molecule has 5 nitrogen and oxygen atoms in total. The maximum Gasteiger partial charge on any atom is 0.321 e. The molecule has 0 unspecified atom stereocenters. The van der Waals surface area contributed by atoms with E-state index in [-0.39, 0.29) is 0 Å². The highest BCUT2D eigenvalue weighted by molar-refractivity contribution is 5.20. The molecule has 1 N–H and O–H groups in total. The third kappa shape index (κ3) is 2.95. The summed E-state index contributed by atoms with van der Waals surface area (Å²) in [7, 11) is 0. The Morgan fingerprint density at radius 1 is 1.44 bits per heavy atom. The molecule has 0 aromatic carbocycles. The normalized spacial score (nSPS) is 18.9. The van der Waals surface area contributed by atoms with E-state index in [9.17, 15) is 0 Å². The van der Waals surface area contributed by atoms with Crippen molar-refractivity contribution in [3.05, 3.63) is 5.82 Å². The summed E-state index contributed by atoms with van der Waals surface area (Å²) >= 11 is 0. The Morgan fingerprint density at radius 2 is 2.19 bits per heavy atom. The molecule has 1 aromatic rings. The molecule has 1 fully saturated rings. The maximum absolute atomic E-state index is 5.06. The van der Waals surface area contributed by atoms with Crippen molar-refractivity contribution in [3.8, 4) is 0 Å². The first-order chi connectivity index (χ1) is 7.78. The highest BCUT2D eigenvalue weighted by atomic mass is 16.5. The van der Waals surface area contributed by atoms with Gasteiger partial charge in [0, 0.05) is 19.1 Å². The van der Waals surface area contributed by atoms with Crippen LogP contribution in [0.5, 0.6) is 0 Å². The Labute approximate surface area is 96.2 Å². The molecule has 16 heavy (non-hydrogen) atoms. The fourth-order valence-electron chi connectivity index (χ4n) is 2.15. The van der Waals surface area contributed by atoms with Crippen LogP contribution >= 0.6 is 0 Å². The number of rotatable bonds is 4. The van der Waals surface area contributed by atoms with Gasteiger partial charge >= 0.3 is 6.01 Å². The van der Waals surface area contributed by atoms with E-state index in [1.807, 2.05) is 6.92 Å². The molecule has 0 bridgehead atoms. The number of nitrogens with zero attached hydrogens (tertiary/aromatic N) is 3. The molecule has 1 aromatic heterocycles. The van der Waals surface area contributed by atoms with Crippen LogP contribution in [-0.4, -0.2) is 40.7 Å². The molecule has 90 valence electrons. The standard InChI is InChI=1S/C11H20N4O/c1-3-6-15-7-4-10(5-8-15)13-11-12-9(2)14-16-11/h10H,3-8H2,1-2H3,(H,12,13,14). The zero-order chi connectivity index (χ0) is 11.4. The van der Waals surface area contributed by atoms with Crippen LogP contribution in [-0.2, 0) is 0 Å². The second kappa shape index (κ2) is 5.30. The largest absolute Gasteiger partial charge is 0.335 e. The highest BCUT2D eigenvalue weighted by Crippen LogP contribution is 2.15. The fraction of sp³-hybridized carbons (Fsp3) is 0.818. The Bertz CT molecular complexity index is 318. The molecule has 0 spiro atoms. The third-order valence-electron chi connectivity index (χ3n) is 2.98. The van der Waals surface area contributed by atoms with Gasteiger partial charge in [-0.3, -0.25) is 0 Å². The van der Waals surface area contributed by atoms with Crippen LogP contribution < -0.4 is 5.32 Å². The van der Waals surface area contributed by atoms with Crippen LogP contribution in [0.4, 0.5) is 6.01 Å². The van der Waals surface area contributed by atoms with Crippen LogP contribution in [0.2, 0.25) is 0 Å². The van der Waals surface area contributed by atoms with E-state index in [2.05, 4.69) is 27.3 Å². The monoisotopic (exact) mass is 224 g/mol. The van der Waals surface area contributed by atoms with Crippen molar-refractivity contribution in [2.75, 3.05) is 25.0 Å². The van der Waals surface area contributed by atoms with E-state index in [1.165, 1.54) is 26.1 Å². The quantitative estimate of drug-likeness (QED) is 0.843. The van der Waals surface area contributed by atoms with Crippen molar-refractivity contribution in [2.45, 2.75) is 39.2 Å². The minimum atomic E-state index is 0.480. The molecular weight excluding hydrogens is 204 g/mol. The van der Waals surface area contributed by atoms with E-state index in [4.69, 9.17) is 4.52 Å². The highest BCUT2D eigenvalue weighted by Gasteiger charge is 2.19. The summed E-state index contributed by atoms with van der Waals surface area (Å²) in [5.41, 5.74) is 0. The van der Waals surface area contributed by atoms with Gasteiger partial charge < -0.3 is 14.7 Å². The molecule has 1 aliphatic rings. The van der Waals surface area contributed by atoms with Crippen LogP contribution in [0, 0.1) is 6.92 Å². The van der Waals surface area contributed by atoms with Crippen LogP contribution in [0.15, 0.2) is 4.52 Å². The summed E-state index contributed by atoms with van der Waals surface area (Å²) in [5, 5.41) is 7.06. The summed E-state index contributed by atoms with van der Waals surface area (Å²) in [6.07, 6.45) is 3.55. The summed E-state index contributed by atoms with van der Waals surface area (Å²) < 4.78 is 5.06. The fourth-order valence-corrected chi connectivity index (χ4v) is 2.15. The lowest BCUT2D eigenvalue weighted by Crippen LogP contribution is -2.39. The number of anilines is 1. The van der Waals surface area contributed by atoms with Crippen molar-refractivity contribution >= 4 is 6.01 Å². The average molecular weight is 224 g/mol. The second-order valence-corrected chi connectivity index (χ2v) is 4.41. The number of likely N-dealkylation sites (tertiary alicyclic amines) is 1. The predicted molar refractivity (Wildman–Crippen MR) is 62.4 cm³/mol. The van der Waals surface area contributed by atoms with E-state index < -0.39 is 0 Å². The molecule has 1 saturated heterocycles. The molecule has 0 atom stereocenters. The summed E-state index contributed by atoms with van der Waals surface area (Å²) in [4.78, 5) is 6.67. The smallest absolute Gasteiger partial charge is 0.321 e. The number of aromatic nitrogens is 2. The third-order valence-corrected chi connectivity index (χ3v) is 2.98. The minimum Gasteiger partial charge on any atom is -0.335 e. The Hall–Kier alpha value is -1.10. The van der Waals surface area contributed by atoms with Crippen molar-refractivity contribution in [2.24, 2.45) is 0 Å². The molecular formula is C11H20N4O. The van der Waals surface area contributed by atoms with Gasteiger partial charge in [0.1, 0.15) is 0 Å². The Balaban J connectivity index is 1.77. The lowest BCUT2D eigenvalue weighted by Gasteiger charge is -2.31. The maximum atomic E-state index is 5.06. The van der Waals surface area contributed by atoms with Gasteiger partial charge in [-0.05, 0) is 32.7 Å². The molecule has 0 saturated carbocycles. The predicted octanol–water partition coefficient (Wildman–Crippen LogP) is 1.66. The summed E-state index contributed by atoms with van der Waals surface area (Å²) in [6.45, 7) is 7.60. The van der Waals surface area contributed by atoms with Crippen LogP contribution in [0.1, 0.15) is 32.0 Å². The van der Waals surface area contributed by atoms with Gasteiger partial charge in [-0.2, -0.15) is 4.98 Å². The first kappa shape index (κ1) is 11.4. The number of hydrogen-bond acceptors (Lipinski definition) is 5. The van der Waals surface area contributed by atoms with Crippen LogP contribution in [0.25, 0.3) is 0 Å². The van der Waals surface area contributed by atoms with Gasteiger partial charge in [0.05, 0.1) is 0 Å². The lowest BCUT2D eigenvalue weighted by molar-refractivity contribution is 0.218. The Kier molecular flexibility index (Phi) is 3.77. The van der Waals surface area contributed by atoms with Crippen molar-refractivity contribution in [3.63, 3.8) is 0 Å². The van der Waals surface area contributed by atoms with Gasteiger partial charge in [0.2, 0.25) is 0 Å². The van der Waals surface area contributed by atoms with E-state index in [1.54, 1.807) is 0 Å². The van der Waals surface area contributed by atoms with E-state index in [0.29, 0.717) is 17.9 Å². The molecule has 0 radical (unpaired) electrons. The van der Waals surface area contributed by atoms with Crippen molar-refractivity contribution in [1.29, 1.82) is 0 Å². The molecule has 2 rings (SSSR count). The van der Waals surface area contributed by atoms with Gasteiger partial charge in [-0.15, -0.1) is 0 Å². The van der Waals surface area contributed by atoms with E-state index in [0.717, 1.165) is 12.8 Å². The molecule has 5 heteroatoms. The number of piperidine rings is 1. The molecule has 0 amide bonds. The first-order valence-corrected chi connectivity index (χ1v) is 6.07. The number of aryl methyl sites for hydroxylation is 1. The summed E-state index contributed by atoms with van der Waals surface area (Å²) in [6, 6.07) is 1.04. The summed E-state index contributed by atoms with van der Waals surface area (Å²) in [5.74, 6) is 0.686. The van der Waals surface area contributed by atoms with Gasteiger partial charge in [0.25, 0.3) is 0 Å². The van der Waals surface area contributed by atoms with Crippen molar-refractivity contribution in [1.82, 2.24) is 15.0 Å². The topological polar surface area (TPSA) is 54.2 Å². The molecule has 0 aliphatic carbocycles. The Morgan fingerprint density at radius 3 is 2.75 bits per heavy atom. The average Bonchev–Trinajstić information content (AvgIpc) is 2.67. The molecule has 1 aliphatic heterocycles. The lowest BCUT2D eigenvalue weighted by atomic mass is 10.1. The van der Waals surface area contributed by atoms with Crippen molar-refractivity contribution < 1.29 is 4.52 Å². The second-order valence-electron chi connectivity index (χ2n) is 4.41. The van der Waals surface area contributed by atoms with Gasteiger partial charge in [0.15, 0.2) is 5.82 Å².